The third-order valence-corrected chi connectivity index (χ3v) is 7.87. The van der Waals surface area contributed by atoms with Gasteiger partial charge in [-0.15, -0.1) is 0 Å². The Kier molecular flexibility index (Phi) is 6.14. The maximum Gasteiger partial charge on any atom is 0.420 e. The van der Waals surface area contributed by atoms with Crippen LogP contribution in [-0.2, 0) is 10.0 Å². The molecular formula is C23H20FN5O4S2. The Bertz CT molecular complexity index is 1610. The van der Waals surface area contributed by atoms with Crippen molar-refractivity contribution in [3.8, 4) is 11.8 Å². The number of hydrogen-bond acceptors (Lipinski definition) is 8. The molecule has 2 unspecified atom stereocenters. The van der Waals surface area contributed by atoms with E-state index in [4.69, 9.17) is 4.42 Å². The van der Waals surface area contributed by atoms with Gasteiger partial charge in [-0.1, -0.05) is 30.0 Å². The number of benzene rings is 2. The van der Waals surface area contributed by atoms with Gasteiger partial charge < -0.3 is 9.73 Å². The number of nitrogens with zero attached hydrogens (tertiary/aromatic N) is 3. The second-order valence-electron chi connectivity index (χ2n) is 8.06. The Hall–Kier alpha value is -3.53. The number of aromatic nitrogens is 3. The minimum Gasteiger partial charge on any atom is -0.408 e. The van der Waals surface area contributed by atoms with Crippen molar-refractivity contribution >= 4 is 37.8 Å². The molecule has 180 valence electrons. The van der Waals surface area contributed by atoms with E-state index in [9.17, 15) is 13.2 Å². The van der Waals surface area contributed by atoms with Crippen molar-refractivity contribution < 1.29 is 17.2 Å². The van der Waals surface area contributed by atoms with Crippen LogP contribution < -0.4 is 15.8 Å². The van der Waals surface area contributed by atoms with Crippen LogP contribution in [0.2, 0.25) is 0 Å². The molecule has 12 heteroatoms. The number of hydrogen-bond donors (Lipinski definition) is 2. The van der Waals surface area contributed by atoms with Crippen LogP contribution >= 0.6 is 11.5 Å². The predicted octanol–water partition coefficient (Wildman–Crippen LogP) is 2.96. The van der Waals surface area contributed by atoms with Crippen molar-refractivity contribution in [1.82, 2.24) is 19.2 Å². The first-order valence-corrected chi connectivity index (χ1v) is 13.0. The topological polar surface area (TPSA) is 119 Å². The first-order chi connectivity index (χ1) is 16.8. The van der Waals surface area contributed by atoms with Crippen LogP contribution in [0.4, 0.5) is 9.52 Å². The number of oxazole rings is 1. The van der Waals surface area contributed by atoms with Gasteiger partial charge in [0.15, 0.2) is 5.58 Å². The summed E-state index contributed by atoms with van der Waals surface area (Å²) in [5.74, 6) is 4.99. The van der Waals surface area contributed by atoms with Crippen molar-refractivity contribution in [1.29, 1.82) is 0 Å². The molecule has 3 heterocycles. The van der Waals surface area contributed by atoms with Crippen LogP contribution in [0, 0.1) is 23.6 Å². The van der Waals surface area contributed by atoms with Gasteiger partial charge in [-0.2, -0.15) is 4.37 Å². The van der Waals surface area contributed by atoms with Gasteiger partial charge in [-0.25, -0.2) is 22.6 Å². The van der Waals surface area contributed by atoms with Crippen LogP contribution in [0.1, 0.15) is 30.5 Å². The molecule has 0 aliphatic carbocycles. The standard InChI is InChI=1S/C23H20FN5O4S2/c1-14(17-5-3-2-4-16(17)7-6-15-8-9-25-12-15)29-19-10-18(24)21(11-20(19)33-23(29)30)35(31,32)28-22-26-13-27-34-22/h2-5,10-11,13-15,25H,8-9,12H2,1H3,(H,26,27,28). The predicted molar refractivity (Wildman–Crippen MR) is 129 cm³/mol. The van der Waals surface area contributed by atoms with Crippen molar-refractivity contribution in [3.05, 3.63) is 70.2 Å². The zero-order chi connectivity index (χ0) is 24.6. The second-order valence-corrected chi connectivity index (χ2v) is 10.5. The Morgan fingerprint density at radius 1 is 1.34 bits per heavy atom. The van der Waals surface area contributed by atoms with Crippen LogP contribution in [0.5, 0.6) is 0 Å². The summed E-state index contributed by atoms with van der Waals surface area (Å²) in [7, 11) is -4.32. The third-order valence-electron chi connectivity index (χ3n) is 5.81. The Balaban J connectivity index is 1.54. The summed E-state index contributed by atoms with van der Waals surface area (Å²) < 4.78 is 52.9. The van der Waals surface area contributed by atoms with Crippen LogP contribution in [0.15, 0.2) is 56.8 Å². The highest BCUT2D eigenvalue weighted by molar-refractivity contribution is 7.93. The largest absolute Gasteiger partial charge is 0.420 e. The highest BCUT2D eigenvalue weighted by Crippen LogP contribution is 2.29. The van der Waals surface area contributed by atoms with E-state index in [2.05, 4.69) is 31.2 Å². The van der Waals surface area contributed by atoms with Gasteiger partial charge in [-0.05, 0) is 31.5 Å². The third kappa shape index (κ3) is 4.58. The molecule has 2 aromatic carbocycles. The first kappa shape index (κ1) is 23.2. The van der Waals surface area contributed by atoms with Crippen LogP contribution in [0.25, 0.3) is 11.1 Å². The lowest BCUT2D eigenvalue weighted by Crippen LogP contribution is -2.20. The molecule has 0 spiro atoms. The van der Waals surface area contributed by atoms with Crippen molar-refractivity contribution in [3.63, 3.8) is 0 Å². The summed E-state index contributed by atoms with van der Waals surface area (Å²) >= 11 is 0.809. The van der Waals surface area contributed by atoms with Gasteiger partial charge >= 0.3 is 5.76 Å². The lowest BCUT2D eigenvalue weighted by atomic mass is 10.00. The molecule has 2 N–H and O–H groups in total. The van der Waals surface area contributed by atoms with Gasteiger partial charge in [0.2, 0.25) is 5.13 Å². The number of halogens is 1. The highest BCUT2D eigenvalue weighted by atomic mass is 32.2. The molecule has 2 aromatic heterocycles. The maximum atomic E-state index is 15.0. The Morgan fingerprint density at radius 3 is 2.91 bits per heavy atom. The fourth-order valence-corrected chi connectivity index (χ4v) is 5.81. The van der Waals surface area contributed by atoms with Crippen molar-refractivity contribution in [2.24, 2.45) is 5.92 Å². The smallest absolute Gasteiger partial charge is 0.408 e. The summed E-state index contributed by atoms with van der Waals surface area (Å²) in [6.45, 7) is 3.57. The normalized spacial score (nSPS) is 16.7. The molecule has 2 atom stereocenters. The molecule has 1 saturated heterocycles. The average Bonchev–Trinajstić information content (AvgIpc) is 3.58. The van der Waals surface area contributed by atoms with E-state index >= 15 is 4.39 Å². The summed E-state index contributed by atoms with van der Waals surface area (Å²) in [5.41, 5.74) is 1.61. The molecule has 1 aliphatic heterocycles. The van der Waals surface area contributed by atoms with Gasteiger partial charge in [-0.3, -0.25) is 9.29 Å². The molecule has 4 aromatic rings. The number of fused-ring (bicyclic) bond motifs is 1. The van der Waals surface area contributed by atoms with E-state index in [0.717, 1.165) is 54.3 Å². The average molecular weight is 514 g/mol. The van der Waals surface area contributed by atoms with Crippen molar-refractivity contribution in [2.75, 3.05) is 17.8 Å². The minimum absolute atomic E-state index is 0.0109. The zero-order valence-corrected chi connectivity index (χ0v) is 20.1. The number of nitrogens with one attached hydrogen (secondary N) is 2. The molecule has 35 heavy (non-hydrogen) atoms. The molecule has 1 fully saturated rings. The second kappa shape index (κ2) is 9.26. The van der Waals surface area contributed by atoms with Crippen LogP contribution in [0.3, 0.4) is 0 Å². The molecule has 0 bridgehead atoms. The molecule has 0 saturated carbocycles. The molecule has 9 nitrogen and oxygen atoms in total. The first-order valence-electron chi connectivity index (χ1n) is 10.8. The van der Waals surface area contributed by atoms with Crippen molar-refractivity contribution in [2.45, 2.75) is 24.3 Å². The summed E-state index contributed by atoms with van der Waals surface area (Å²) in [6, 6.07) is 8.88. The van der Waals surface area contributed by atoms with E-state index in [-0.39, 0.29) is 22.1 Å². The molecule has 0 radical (unpaired) electrons. The van der Waals surface area contributed by atoms with E-state index in [1.54, 1.807) is 6.92 Å². The van der Waals surface area contributed by atoms with Gasteiger partial charge in [0, 0.05) is 41.7 Å². The molecule has 5 rings (SSSR count). The minimum atomic E-state index is -4.32. The summed E-state index contributed by atoms with van der Waals surface area (Å²) in [5, 5.41) is 3.27. The van der Waals surface area contributed by atoms with Gasteiger partial charge in [0.25, 0.3) is 10.0 Å². The lowest BCUT2D eigenvalue weighted by Gasteiger charge is -2.15. The summed E-state index contributed by atoms with van der Waals surface area (Å²) in [6.07, 6.45) is 2.16. The lowest BCUT2D eigenvalue weighted by molar-refractivity contribution is 0.489. The van der Waals surface area contributed by atoms with Gasteiger partial charge in [0.1, 0.15) is 17.0 Å². The zero-order valence-electron chi connectivity index (χ0n) is 18.5. The molecule has 1 aliphatic rings. The highest BCUT2D eigenvalue weighted by Gasteiger charge is 2.26. The van der Waals surface area contributed by atoms with E-state index < -0.39 is 32.5 Å². The monoisotopic (exact) mass is 513 g/mol. The van der Waals surface area contributed by atoms with Gasteiger partial charge in [0.05, 0.1) is 11.6 Å². The van der Waals surface area contributed by atoms with E-state index in [1.807, 2.05) is 24.3 Å². The fraction of sp³-hybridized carbons (Fsp3) is 0.261. The number of anilines is 1. The SMILES string of the molecule is CC(c1ccccc1C#CC1CCNC1)n1c(=O)oc2cc(S(=O)(=O)Nc3ncns3)c(F)cc21. The van der Waals surface area contributed by atoms with E-state index in [1.165, 1.54) is 10.9 Å². The molecule has 0 amide bonds. The Labute approximate surface area is 204 Å². The quantitative estimate of drug-likeness (QED) is 0.394. The Morgan fingerprint density at radius 2 is 2.17 bits per heavy atom. The van der Waals surface area contributed by atoms with E-state index in [0.29, 0.717) is 0 Å². The van der Waals surface area contributed by atoms with Crippen LogP contribution in [-0.4, -0.2) is 35.4 Å². The summed E-state index contributed by atoms with van der Waals surface area (Å²) in [4.78, 5) is 15.9. The number of sulfonamides is 1. The maximum absolute atomic E-state index is 15.0. The fourth-order valence-electron chi connectivity index (χ4n) is 4.07. The number of rotatable bonds is 5. The molecular weight excluding hydrogens is 493 g/mol.